The van der Waals surface area contributed by atoms with E-state index in [0.29, 0.717) is 28.7 Å². The molecule has 0 saturated heterocycles. The minimum absolute atomic E-state index is 0.142. The van der Waals surface area contributed by atoms with Gasteiger partial charge in [0.05, 0.1) is 39.4 Å². The van der Waals surface area contributed by atoms with Crippen molar-refractivity contribution in [2.45, 2.75) is 17.1 Å². The highest BCUT2D eigenvalue weighted by Gasteiger charge is 2.18. The van der Waals surface area contributed by atoms with E-state index >= 15 is 0 Å². The summed E-state index contributed by atoms with van der Waals surface area (Å²) in [6.07, 6.45) is 0. The molecule has 1 N–H and O–H groups in total. The molecule has 0 aliphatic carbocycles. The van der Waals surface area contributed by atoms with Crippen LogP contribution in [0, 0.1) is 0 Å². The van der Waals surface area contributed by atoms with Crippen molar-refractivity contribution in [2.75, 3.05) is 33.8 Å². The molecular weight excluding hydrogens is 354 g/mol. The van der Waals surface area contributed by atoms with Crippen LogP contribution in [0.25, 0.3) is 0 Å². The average molecular weight is 377 g/mol. The number of rotatable bonds is 8. The molecule has 2 aromatic rings. The molecule has 0 aliphatic heterocycles. The highest BCUT2D eigenvalue weighted by atomic mass is 32.2. The second-order valence-electron chi connectivity index (χ2n) is 5.33. The molecule has 2 aromatic carbocycles. The maximum Gasteiger partial charge on any atom is 0.237 e. The molecule has 2 rings (SSSR count). The van der Waals surface area contributed by atoms with Gasteiger partial charge in [0.15, 0.2) is 11.5 Å². The first-order valence-corrected chi connectivity index (χ1v) is 8.82. The molecule has 0 aliphatic rings. The van der Waals surface area contributed by atoms with Gasteiger partial charge < -0.3 is 24.3 Å². The molecule has 6 nitrogen and oxygen atoms in total. The zero-order valence-electron chi connectivity index (χ0n) is 15.5. The Kier molecular flexibility index (Phi) is 7.03. The number of hydrogen-bond acceptors (Lipinski definition) is 6. The highest BCUT2D eigenvalue weighted by molar-refractivity contribution is 8.00. The predicted octanol–water partition coefficient (Wildman–Crippen LogP) is 3.84. The molecule has 7 heteroatoms. The van der Waals surface area contributed by atoms with Crippen LogP contribution >= 0.6 is 11.8 Å². The number of ether oxygens (including phenoxy) is 4. The number of benzene rings is 2. The minimum Gasteiger partial charge on any atom is -0.497 e. The van der Waals surface area contributed by atoms with Gasteiger partial charge >= 0.3 is 0 Å². The van der Waals surface area contributed by atoms with Gasteiger partial charge in [0.1, 0.15) is 11.5 Å². The number of anilines is 1. The maximum absolute atomic E-state index is 12.6. The van der Waals surface area contributed by atoms with Crippen molar-refractivity contribution in [1.29, 1.82) is 0 Å². The molecule has 0 radical (unpaired) electrons. The number of thioether (sulfide) groups is 1. The number of carbonyl (C=O) groups is 1. The largest absolute Gasteiger partial charge is 0.497 e. The monoisotopic (exact) mass is 377 g/mol. The molecular formula is C19H23NO5S. The molecule has 1 atom stereocenters. The molecule has 0 saturated carbocycles. The Balaban J connectivity index is 2.11. The SMILES string of the molecule is COc1ccc(OC)c(NC(=O)[C@@H](C)Sc2ccc(OC)c(OC)c2)c1. The van der Waals surface area contributed by atoms with E-state index in [9.17, 15) is 4.79 Å². The van der Waals surface area contributed by atoms with Crippen molar-refractivity contribution in [3.8, 4) is 23.0 Å². The Morgan fingerprint density at radius 3 is 2.15 bits per heavy atom. The lowest BCUT2D eigenvalue weighted by atomic mass is 10.2. The summed E-state index contributed by atoms with van der Waals surface area (Å²) in [5, 5.41) is 2.56. The molecule has 0 aromatic heterocycles. The summed E-state index contributed by atoms with van der Waals surface area (Å²) in [6.45, 7) is 1.84. The lowest BCUT2D eigenvalue weighted by molar-refractivity contribution is -0.115. The second kappa shape index (κ2) is 9.24. The molecule has 26 heavy (non-hydrogen) atoms. The molecule has 1 amide bonds. The first-order chi connectivity index (χ1) is 12.5. The number of methoxy groups -OCH3 is 4. The fourth-order valence-corrected chi connectivity index (χ4v) is 3.19. The van der Waals surface area contributed by atoms with Gasteiger partial charge in [0.25, 0.3) is 0 Å². The van der Waals surface area contributed by atoms with Crippen LogP contribution in [0.15, 0.2) is 41.3 Å². The van der Waals surface area contributed by atoms with Crippen LogP contribution in [-0.2, 0) is 4.79 Å². The van der Waals surface area contributed by atoms with Crippen LogP contribution in [0.5, 0.6) is 23.0 Å². The molecule has 0 unspecified atom stereocenters. The van der Waals surface area contributed by atoms with E-state index in [1.165, 1.54) is 11.8 Å². The van der Waals surface area contributed by atoms with Crippen molar-refractivity contribution in [2.24, 2.45) is 0 Å². The van der Waals surface area contributed by atoms with E-state index in [-0.39, 0.29) is 11.2 Å². The third-order valence-corrected chi connectivity index (χ3v) is 4.80. The van der Waals surface area contributed by atoms with E-state index < -0.39 is 0 Å². The van der Waals surface area contributed by atoms with Crippen LogP contribution in [-0.4, -0.2) is 39.6 Å². The van der Waals surface area contributed by atoms with Gasteiger partial charge in [0, 0.05) is 11.0 Å². The number of carbonyl (C=O) groups excluding carboxylic acids is 1. The Labute approximate surface area is 157 Å². The zero-order valence-corrected chi connectivity index (χ0v) is 16.3. The van der Waals surface area contributed by atoms with Crippen LogP contribution in [0.2, 0.25) is 0 Å². The predicted molar refractivity (Wildman–Crippen MR) is 103 cm³/mol. The quantitative estimate of drug-likeness (QED) is 0.705. The standard InChI is InChI=1S/C19H23NO5S/c1-12(26-14-7-9-17(24-4)18(11-14)25-5)19(21)20-15-10-13(22-2)6-8-16(15)23-3/h6-12H,1-5H3,(H,20,21)/t12-/m1/s1. The van der Waals surface area contributed by atoms with E-state index in [1.54, 1.807) is 46.6 Å². The normalized spacial score (nSPS) is 11.4. The lowest BCUT2D eigenvalue weighted by Crippen LogP contribution is -2.22. The van der Waals surface area contributed by atoms with Gasteiger partial charge in [-0.05, 0) is 37.3 Å². The van der Waals surface area contributed by atoms with Crippen molar-refractivity contribution < 1.29 is 23.7 Å². The summed E-state index contributed by atoms with van der Waals surface area (Å²) in [5.74, 6) is 2.34. The fourth-order valence-electron chi connectivity index (χ4n) is 2.29. The van der Waals surface area contributed by atoms with Gasteiger partial charge in [-0.3, -0.25) is 4.79 Å². The summed E-state index contributed by atoms with van der Waals surface area (Å²) in [7, 11) is 6.29. The highest BCUT2D eigenvalue weighted by Crippen LogP contribution is 2.34. The first-order valence-electron chi connectivity index (χ1n) is 7.94. The van der Waals surface area contributed by atoms with E-state index in [2.05, 4.69) is 5.32 Å². The Bertz CT molecular complexity index is 766. The van der Waals surface area contributed by atoms with Crippen LogP contribution in [0.1, 0.15) is 6.92 Å². The summed E-state index contributed by atoms with van der Waals surface area (Å²) in [4.78, 5) is 13.5. The summed E-state index contributed by atoms with van der Waals surface area (Å²) in [5.41, 5.74) is 0.566. The van der Waals surface area contributed by atoms with Crippen molar-refractivity contribution in [3.05, 3.63) is 36.4 Å². The zero-order chi connectivity index (χ0) is 19.1. The van der Waals surface area contributed by atoms with E-state index in [0.717, 1.165) is 4.90 Å². The lowest BCUT2D eigenvalue weighted by Gasteiger charge is -2.16. The van der Waals surface area contributed by atoms with Crippen molar-refractivity contribution >= 4 is 23.4 Å². The Hall–Kier alpha value is -2.54. The molecule has 0 bridgehead atoms. The van der Waals surface area contributed by atoms with Gasteiger partial charge in [0.2, 0.25) is 5.91 Å². The topological polar surface area (TPSA) is 66.0 Å². The molecule has 0 fully saturated rings. The Morgan fingerprint density at radius 1 is 0.885 bits per heavy atom. The summed E-state index contributed by atoms with van der Waals surface area (Å²) < 4.78 is 21.0. The van der Waals surface area contributed by atoms with Gasteiger partial charge in [-0.25, -0.2) is 0 Å². The Morgan fingerprint density at radius 2 is 1.54 bits per heavy atom. The molecule has 140 valence electrons. The van der Waals surface area contributed by atoms with Crippen LogP contribution < -0.4 is 24.3 Å². The summed E-state index contributed by atoms with van der Waals surface area (Å²) in [6, 6.07) is 10.8. The molecule has 0 heterocycles. The number of hydrogen-bond donors (Lipinski definition) is 1. The average Bonchev–Trinajstić information content (AvgIpc) is 2.67. The summed E-state index contributed by atoms with van der Waals surface area (Å²) >= 11 is 1.42. The number of nitrogens with one attached hydrogen (secondary N) is 1. The smallest absolute Gasteiger partial charge is 0.237 e. The van der Waals surface area contributed by atoms with Gasteiger partial charge in [-0.15, -0.1) is 11.8 Å². The third kappa shape index (κ3) is 4.76. The van der Waals surface area contributed by atoms with Crippen LogP contribution in [0.4, 0.5) is 5.69 Å². The second-order valence-corrected chi connectivity index (χ2v) is 6.75. The maximum atomic E-state index is 12.6. The van der Waals surface area contributed by atoms with Crippen molar-refractivity contribution in [3.63, 3.8) is 0 Å². The fraction of sp³-hybridized carbons (Fsp3) is 0.316. The third-order valence-electron chi connectivity index (χ3n) is 3.70. The van der Waals surface area contributed by atoms with Crippen LogP contribution in [0.3, 0.4) is 0 Å². The molecule has 0 spiro atoms. The first kappa shape index (κ1) is 19.8. The minimum atomic E-state index is -0.330. The van der Waals surface area contributed by atoms with E-state index in [4.69, 9.17) is 18.9 Å². The van der Waals surface area contributed by atoms with E-state index in [1.807, 2.05) is 25.1 Å². The van der Waals surface area contributed by atoms with Gasteiger partial charge in [-0.1, -0.05) is 0 Å². The van der Waals surface area contributed by atoms with Crippen molar-refractivity contribution in [1.82, 2.24) is 0 Å². The van der Waals surface area contributed by atoms with Gasteiger partial charge in [-0.2, -0.15) is 0 Å². The number of amides is 1.